The van der Waals surface area contributed by atoms with Gasteiger partial charge in [-0.2, -0.15) is 0 Å². The summed E-state index contributed by atoms with van der Waals surface area (Å²) in [7, 11) is -0.418. The highest BCUT2D eigenvalue weighted by molar-refractivity contribution is 7.63. The lowest BCUT2D eigenvalue weighted by molar-refractivity contribution is 0.495. The Balaban J connectivity index is 2.35. The first-order valence-corrected chi connectivity index (χ1v) is 18.5. The molecule has 0 amide bonds. The molecule has 0 aromatic carbocycles. The van der Waals surface area contributed by atoms with Gasteiger partial charge in [-0.1, -0.05) is 158 Å². The Labute approximate surface area is 251 Å². The minimum Gasteiger partial charge on any atom is -0.0748 e. The fourth-order valence-corrected chi connectivity index (χ4v) is 14.3. The summed E-state index contributed by atoms with van der Waals surface area (Å²) in [4.78, 5) is 0. The van der Waals surface area contributed by atoms with Gasteiger partial charge >= 0.3 is 0 Å². The summed E-state index contributed by atoms with van der Waals surface area (Å²) < 4.78 is 0. The van der Waals surface area contributed by atoms with Crippen LogP contribution in [0, 0.1) is 0 Å². The molecule has 3 aliphatic carbocycles. The molecule has 0 bridgehead atoms. The summed E-state index contributed by atoms with van der Waals surface area (Å²) in [5.41, 5.74) is 9.93. The molecule has 0 nitrogen and oxygen atoms in total. The molecular formula is C39H63P. The Kier molecular flexibility index (Phi) is 12.4. The molecule has 0 radical (unpaired) electrons. The summed E-state index contributed by atoms with van der Waals surface area (Å²) in [6, 6.07) is 0. The normalized spacial score (nSPS) is 29.6. The molecule has 0 heterocycles. The van der Waals surface area contributed by atoms with Crippen LogP contribution in [0.3, 0.4) is 0 Å². The predicted molar refractivity (Wildman–Crippen MR) is 184 cm³/mol. The van der Waals surface area contributed by atoms with Crippen molar-refractivity contribution in [2.24, 2.45) is 0 Å². The molecule has 0 N–H and O–H groups in total. The zero-order valence-electron chi connectivity index (χ0n) is 28.0. The van der Waals surface area contributed by atoms with Crippen LogP contribution in [0.4, 0.5) is 0 Å². The predicted octanol–water partition coefficient (Wildman–Crippen LogP) is 13.3. The van der Waals surface area contributed by atoms with Gasteiger partial charge < -0.3 is 0 Å². The van der Waals surface area contributed by atoms with Crippen molar-refractivity contribution in [3.05, 3.63) is 69.9 Å². The molecule has 0 aromatic heterocycles. The largest absolute Gasteiger partial charge is 0.0748 e. The smallest absolute Gasteiger partial charge is 0.0140 e. The molecule has 0 saturated carbocycles. The van der Waals surface area contributed by atoms with Gasteiger partial charge in [0.05, 0.1) is 0 Å². The Morgan fingerprint density at radius 3 is 0.975 bits per heavy atom. The van der Waals surface area contributed by atoms with E-state index in [4.69, 9.17) is 0 Å². The summed E-state index contributed by atoms with van der Waals surface area (Å²) in [6.07, 6.45) is 35.3. The number of hydrogen-bond donors (Lipinski definition) is 0. The van der Waals surface area contributed by atoms with Crippen molar-refractivity contribution in [2.45, 2.75) is 174 Å². The first kappa shape index (κ1) is 33.4. The molecule has 0 saturated heterocycles. The molecule has 3 unspecified atom stereocenters. The Bertz CT molecular complexity index is 912. The van der Waals surface area contributed by atoms with Gasteiger partial charge in [0.1, 0.15) is 0 Å². The maximum atomic E-state index is 2.79. The van der Waals surface area contributed by atoms with Crippen molar-refractivity contribution >= 4 is 7.92 Å². The standard InChI is InChI=1S/C39H63P/c1-10-16-34-28-37(22-13-4,25-19-31(34)7)40(38(23-14-5)26-20-32(8)35(29-38)17-11-2)39(24-15-6)27-21-33(9)36(30-39)18-12-3/h19-21,25-27H,10-18,22-24,28-30H2,1-9H3. The lowest BCUT2D eigenvalue weighted by Gasteiger charge is -2.60. The summed E-state index contributed by atoms with van der Waals surface area (Å²) in [5, 5.41) is 0.786. The molecule has 224 valence electrons. The average Bonchev–Trinajstić information content (AvgIpc) is 2.92. The SMILES string of the molecule is CCCC1=C(C)C=CC(CCC)(P(C2(CCC)C=CC(C)=C(CCC)C2)C2(CCC)C=CC(C)=C(CCC)C2)C1. The third kappa shape index (κ3) is 6.91. The van der Waals surface area contributed by atoms with E-state index in [1.807, 2.05) is 0 Å². The minimum absolute atomic E-state index is 0.262. The molecule has 0 spiro atoms. The van der Waals surface area contributed by atoms with E-state index in [9.17, 15) is 0 Å². The van der Waals surface area contributed by atoms with Gasteiger partial charge in [0.2, 0.25) is 0 Å². The third-order valence-electron chi connectivity index (χ3n) is 10.2. The molecule has 3 rings (SSSR count). The molecule has 40 heavy (non-hydrogen) atoms. The summed E-state index contributed by atoms with van der Waals surface area (Å²) in [6.45, 7) is 21.7. The Hall–Kier alpha value is -1.13. The minimum atomic E-state index is -0.418. The summed E-state index contributed by atoms with van der Waals surface area (Å²) >= 11 is 0. The van der Waals surface area contributed by atoms with Crippen LogP contribution in [0.25, 0.3) is 0 Å². The molecule has 0 fully saturated rings. The van der Waals surface area contributed by atoms with E-state index < -0.39 is 7.92 Å². The molecule has 3 atom stereocenters. The molecule has 1 heteroatoms. The first-order valence-electron chi connectivity index (χ1n) is 17.1. The Morgan fingerprint density at radius 1 is 0.475 bits per heavy atom. The van der Waals surface area contributed by atoms with E-state index >= 15 is 0 Å². The highest BCUT2D eigenvalue weighted by atomic mass is 31.1. The van der Waals surface area contributed by atoms with Gasteiger partial charge in [-0.05, 0) is 78.6 Å². The van der Waals surface area contributed by atoms with Gasteiger partial charge in [-0.3, -0.25) is 0 Å². The number of hydrogen-bond acceptors (Lipinski definition) is 0. The third-order valence-corrected chi connectivity index (χ3v) is 14.5. The van der Waals surface area contributed by atoms with Gasteiger partial charge in [0.25, 0.3) is 0 Å². The van der Waals surface area contributed by atoms with E-state index in [2.05, 4.69) is 98.8 Å². The van der Waals surface area contributed by atoms with Gasteiger partial charge in [0.15, 0.2) is 0 Å². The highest BCUT2D eigenvalue weighted by Crippen LogP contribution is 2.78. The molecular weight excluding hydrogens is 499 g/mol. The average molecular weight is 563 g/mol. The van der Waals surface area contributed by atoms with E-state index in [-0.39, 0.29) is 15.5 Å². The van der Waals surface area contributed by atoms with Gasteiger partial charge in [-0.15, -0.1) is 0 Å². The lowest BCUT2D eigenvalue weighted by Crippen LogP contribution is -2.48. The number of allylic oxidation sites excluding steroid dienone is 12. The second kappa shape index (κ2) is 14.9. The van der Waals surface area contributed by atoms with Crippen molar-refractivity contribution in [1.82, 2.24) is 0 Å². The maximum Gasteiger partial charge on any atom is 0.0140 e. The zero-order chi connectivity index (χ0) is 29.4. The van der Waals surface area contributed by atoms with Crippen LogP contribution in [-0.4, -0.2) is 15.5 Å². The van der Waals surface area contributed by atoms with Crippen molar-refractivity contribution in [1.29, 1.82) is 0 Å². The highest BCUT2D eigenvalue weighted by Gasteiger charge is 2.57. The quantitative estimate of drug-likeness (QED) is 0.174. The number of rotatable bonds is 15. The van der Waals surface area contributed by atoms with Crippen LogP contribution < -0.4 is 0 Å². The van der Waals surface area contributed by atoms with Crippen molar-refractivity contribution in [3.63, 3.8) is 0 Å². The van der Waals surface area contributed by atoms with Crippen LogP contribution in [0.1, 0.15) is 159 Å². The second-order valence-corrected chi connectivity index (χ2v) is 16.9. The van der Waals surface area contributed by atoms with Crippen molar-refractivity contribution in [3.8, 4) is 0 Å². The van der Waals surface area contributed by atoms with Gasteiger partial charge in [-0.25, -0.2) is 0 Å². The maximum absolute atomic E-state index is 2.79. The second-order valence-electron chi connectivity index (χ2n) is 13.5. The summed E-state index contributed by atoms with van der Waals surface area (Å²) in [5.74, 6) is 0. The zero-order valence-corrected chi connectivity index (χ0v) is 28.9. The fraction of sp³-hybridized carbons (Fsp3) is 0.692. The van der Waals surface area contributed by atoms with Gasteiger partial charge in [0, 0.05) is 15.5 Å². The van der Waals surface area contributed by atoms with Crippen LogP contribution in [-0.2, 0) is 0 Å². The molecule has 0 aromatic rings. The van der Waals surface area contributed by atoms with E-state index in [0.717, 1.165) is 0 Å². The fourth-order valence-electron chi connectivity index (χ4n) is 8.60. The van der Waals surface area contributed by atoms with Crippen LogP contribution in [0.2, 0.25) is 0 Å². The van der Waals surface area contributed by atoms with Crippen molar-refractivity contribution < 1.29 is 0 Å². The van der Waals surface area contributed by atoms with Crippen molar-refractivity contribution in [2.75, 3.05) is 0 Å². The van der Waals surface area contributed by atoms with Crippen LogP contribution in [0.15, 0.2) is 69.9 Å². The monoisotopic (exact) mass is 562 g/mol. The van der Waals surface area contributed by atoms with E-state index in [1.54, 1.807) is 33.4 Å². The first-order chi connectivity index (χ1) is 19.2. The topological polar surface area (TPSA) is 0 Å². The lowest BCUT2D eigenvalue weighted by atomic mass is 9.82. The molecule has 0 aliphatic heterocycles. The Morgan fingerprint density at radius 2 is 0.750 bits per heavy atom. The molecule has 3 aliphatic rings. The van der Waals surface area contributed by atoms with Crippen LogP contribution >= 0.6 is 7.92 Å². The van der Waals surface area contributed by atoms with E-state index in [1.165, 1.54) is 96.3 Å². The van der Waals surface area contributed by atoms with Crippen LogP contribution in [0.5, 0.6) is 0 Å². The van der Waals surface area contributed by atoms with E-state index in [0.29, 0.717) is 0 Å².